The summed E-state index contributed by atoms with van der Waals surface area (Å²) in [5.41, 5.74) is 6.32. The first kappa shape index (κ1) is 17.6. The number of nitrogens with one attached hydrogen (secondary N) is 1. The Balaban J connectivity index is 2.21. The Morgan fingerprint density at radius 2 is 2.24 bits per heavy atom. The zero-order chi connectivity index (χ0) is 18.2. The molecular weight excluding hydrogens is 334 g/mol. The Morgan fingerprint density at radius 1 is 1.48 bits per heavy atom. The SMILES string of the molecule is CC1(C)CCc2sc(-c3ccc(C#N)cc3CNN)c(C(=O)O)c2C1. The summed E-state index contributed by atoms with van der Waals surface area (Å²) in [5, 5.41) is 19.0. The van der Waals surface area contributed by atoms with Crippen molar-refractivity contribution in [3.63, 3.8) is 0 Å². The van der Waals surface area contributed by atoms with Crippen LogP contribution in [0.15, 0.2) is 18.2 Å². The number of carbonyl (C=O) groups is 1. The minimum Gasteiger partial charge on any atom is -0.478 e. The molecule has 1 heterocycles. The summed E-state index contributed by atoms with van der Waals surface area (Å²) < 4.78 is 0. The lowest BCUT2D eigenvalue weighted by molar-refractivity contribution is 0.0696. The number of rotatable bonds is 4. The fraction of sp³-hybridized carbons (Fsp3) is 0.368. The molecule has 2 aromatic rings. The highest BCUT2D eigenvalue weighted by Gasteiger charge is 2.33. The molecular formula is C19H21N3O2S. The molecule has 5 nitrogen and oxygen atoms in total. The summed E-state index contributed by atoms with van der Waals surface area (Å²) in [5.74, 6) is 4.60. The van der Waals surface area contributed by atoms with Gasteiger partial charge in [0.2, 0.25) is 0 Å². The van der Waals surface area contributed by atoms with Crippen molar-refractivity contribution in [1.82, 2.24) is 5.43 Å². The Labute approximate surface area is 151 Å². The molecule has 130 valence electrons. The largest absolute Gasteiger partial charge is 0.478 e. The van der Waals surface area contributed by atoms with Crippen LogP contribution in [0.2, 0.25) is 0 Å². The van der Waals surface area contributed by atoms with E-state index in [0.717, 1.165) is 40.8 Å². The maximum absolute atomic E-state index is 12.0. The van der Waals surface area contributed by atoms with Gasteiger partial charge in [0, 0.05) is 16.3 Å². The van der Waals surface area contributed by atoms with Crippen LogP contribution in [0, 0.1) is 16.7 Å². The normalized spacial score (nSPS) is 15.4. The first-order chi connectivity index (χ1) is 11.9. The molecule has 1 aliphatic rings. The summed E-state index contributed by atoms with van der Waals surface area (Å²) in [7, 11) is 0. The zero-order valence-corrected chi connectivity index (χ0v) is 15.2. The van der Waals surface area contributed by atoms with Gasteiger partial charge in [-0.3, -0.25) is 11.3 Å². The van der Waals surface area contributed by atoms with E-state index < -0.39 is 5.97 Å². The monoisotopic (exact) mass is 355 g/mol. The highest BCUT2D eigenvalue weighted by atomic mass is 32.1. The van der Waals surface area contributed by atoms with E-state index in [2.05, 4.69) is 25.3 Å². The molecule has 0 amide bonds. The lowest BCUT2D eigenvalue weighted by atomic mass is 9.76. The molecule has 1 aromatic heterocycles. The van der Waals surface area contributed by atoms with E-state index in [9.17, 15) is 9.90 Å². The second-order valence-corrected chi connectivity index (χ2v) is 8.32. The molecule has 0 fully saturated rings. The minimum absolute atomic E-state index is 0.113. The average Bonchev–Trinajstić information content (AvgIpc) is 2.92. The van der Waals surface area contributed by atoms with E-state index in [1.165, 1.54) is 4.88 Å². The topological polar surface area (TPSA) is 99.1 Å². The molecule has 3 rings (SSSR count). The number of nitriles is 1. The van der Waals surface area contributed by atoms with Crippen LogP contribution < -0.4 is 11.3 Å². The van der Waals surface area contributed by atoms with Crippen LogP contribution in [-0.2, 0) is 19.4 Å². The molecule has 1 aromatic carbocycles. The van der Waals surface area contributed by atoms with Gasteiger partial charge >= 0.3 is 5.97 Å². The van der Waals surface area contributed by atoms with Crippen molar-refractivity contribution >= 4 is 17.3 Å². The molecule has 25 heavy (non-hydrogen) atoms. The van der Waals surface area contributed by atoms with Gasteiger partial charge in [-0.1, -0.05) is 19.9 Å². The molecule has 6 heteroatoms. The molecule has 0 spiro atoms. The predicted octanol–water partition coefficient (Wildman–Crippen LogP) is 3.46. The van der Waals surface area contributed by atoms with Crippen molar-refractivity contribution in [2.45, 2.75) is 39.7 Å². The number of hydrazine groups is 1. The number of aromatic carboxylic acids is 1. The lowest BCUT2D eigenvalue weighted by Gasteiger charge is -2.29. The maximum Gasteiger partial charge on any atom is 0.337 e. The van der Waals surface area contributed by atoms with Gasteiger partial charge in [0.25, 0.3) is 0 Å². The average molecular weight is 355 g/mol. The number of carboxylic acid groups (broad SMARTS) is 1. The van der Waals surface area contributed by atoms with Crippen LogP contribution in [0.4, 0.5) is 0 Å². The highest BCUT2D eigenvalue weighted by molar-refractivity contribution is 7.16. The van der Waals surface area contributed by atoms with Crippen LogP contribution in [0.1, 0.15) is 52.2 Å². The molecule has 4 N–H and O–H groups in total. The quantitative estimate of drug-likeness (QED) is 0.576. The minimum atomic E-state index is -0.888. The van der Waals surface area contributed by atoms with Gasteiger partial charge in [-0.05, 0) is 53.5 Å². The van der Waals surface area contributed by atoms with Crippen LogP contribution >= 0.6 is 11.3 Å². The number of thiophene rings is 1. The smallest absolute Gasteiger partial charge is 0.337 e. The van der Waals surface area contributed by atoms with Gasteiger partial charge in [0.1, 0.15) is 0 Å². The van der Waals surface area contributed by atoms with Crippen molar-refractivity contribution in [2.24, 2.45) is 11.3 Å². The summed E-state index contributed by atoms with van der Waals surface area (Å²) in [4.78, 5) is 14.0. The molecule has 0 radical (unpaired) electrons. The number of benzene rings is 1. The van der Waals surface area contributed by atoms with Gasteiger partial charge in [-0.15, -0.1) is 11.3 Å². The maximum atomic E-state index is 12.0. The van der Waals surface area contributed by atoms with Crippen molar-refractivity contribution < 1.29 is 9.90 Å². The van der Waals surface area contributed by atoms with E-state index in [1.807, 2.05) is 6.07 Å². The first-order valence-electron chi connectivity index (χ1n) is 8.21. The van der Waals surface area contributed by atoms with Crippen molar-refractivity contribution in [3.8, 4) is 16.5 Å². The molecule has 0 saturated heterocycles. The Hall–Kier alpha value is -2.20. The molecule has 0 bridgehead atoms. The van der Waals surface area contributed by atoms with E-state index in [1.54, 1.807) is 23.5 Å². The van der Waals surface area contributed by atoms with Gasteiger partial charge in [-0.2, -0.15) is 5.26 Å². The lowest BCUT2D eigenvalue weighted by Crippen LogP contribution is -2.22. The van der Waals surface area contributed by atoms with E-state index in [0.29, 0.717) is 17.7 Å². The first-order valence-corrected chi connectivity index (χ1v) is 9.02. The molecule has 0 aliphatic heterocycles. The van der Waals surface area contributed by atoms with Crippen LogP contribution in [-0.4, -0.2) is 11.1 Å². The third kappa shape index (κ3) is 3.31. The zero-order valence-electron chi connectivity index (χ0n) is 14.3. The van der Waals surface area contributed by atoms with Gasteiger partial charge in [-0.25, -0.2) is 4.79 Å². The summed E-state index contributed by atoms with van der Waals surface area (Å²) in [6.45, 7) is 4.74. The predicted molar refractivity (Wildman–Crippen MR) is 98.3 cm³/mol. The third-order valence-corrected chi connectivity index (χ3v) is 6.09. The van der Waals surface area contributed by atoms with Gasteiger partial charge in [0.05, 0.1) is 17.2 Å². The molecule has 0 atom stereocenters. The third-order valence-electron chi connectivity index (χ3n) is 4.76. The number of fused-ring (bicyclic) bond motifs is 1. The summed E-state index contributed by atoms with van der Waals surface area (Å²) >= 11 is 1.57. The van der Waals surface area contributed by atoms with Crippen LogP contribution in [0.5, 0.6) is 0 Å². The van der Waals surface area contributed by atoms with Gasteiger partial charge < -0.3 is 5.11 Å². The highest BCUT2D eigenvalue weighted by Crippen LogP contribution is 2.45. The second kappa shape index (κ2) is 6.60. The number of nitrogens with zero attached hydrogens (tertiary/aromatic N) is 1. The summed E-state index contributed by atoms with van der Waals surface area (Å²) in [6, 6.07) is 7.45. The van der Waals surface area contributed by atoms with Crippen molar-refractivity contribution in [2.75, 3.05) is 0 Å². The van der Waals surface area contributed by atoms with Crippen molar-refractivity contribution in [3.05, 3.63) is 45.3 Å². The van der Waals surface area contributed by atoms with E-state index in [-0.39, 0.29) is 5.41 Å². The molecule has 1 aliphatic carbocycles. The van der Waals surface area contributed by atoms with E-state index >= 15 is 0 Å². The number of hydrogen-bond donors (Lipinski definition) is 3. The van der Waals surface area contributed by atoms with Crippen LogP contribution in [0.25, 0.3) is 10.4 Å². The summed E-state index contributed by atoms with van der Waals surface area (Å²) in [6.07, 6.45) is 2.75. The Kier molecular flexibility index (Phi) is 4.65. The fourth-order valence-corrected chi connectivity index (χ4v) is 4.85. The number of hydrogen-bond acceptors (Lipinski definition) is 5. The number of aryl methyl sites for hydroxylation is 1. The Morgan fingerprint density at radius 3 is 2.88 bits per heavy atom. The molecule has 0 unspecified atom stereocenters. The van der Waals surface area contributed by atoms with E-state index in [4.69, 9.17) is 11.1 Å². The molecule has 0 saturated carbocycles. The number of nitrogens with two attached hydrogens (primary N) is 1. The standard InChI is InChI=1S/C19H21N3O2S/c1-19(2)6-5-15-14(8-19)16(18(23)24)17(25-15)13-4-3-11(9-20)7-12(13)10-22-21/h3-4,7,22H,5-6,8,10,21H2,1-2H3,(H,23,24). The van der Waals surface area contributed by atoms with Gasteiger partial charge in [0.15, 0.2) is 0 Å². The fourth-order valence-electron chi connectivity index (χ4n) is 3.48. The van der Waals surface area contributed by atoms with Crippen LogP contribution in [0.3, 0.4) is 0 Å². The second-order valence-electron chi connectivity index (χ2n) is 7.22. The number of carboxylic acids is 1. The Bertz CT molecular complexity index is 878. The van der Waals surface area contributed by atoms with Crippen molar-refractivity contribution in [1.29, 1.82) is 5.26 Å².